The standard InChI is InChI=1S/C12H16F3NO2/c1-8(16-6-12(14,15)7-17)9-3-4-11(18-2)10(13)5-9/h3-5,8,16-17H,6-7H2,1-2H3. The molecule has 1 aromatic rings. The zero-order valence-corrected chi connectivity index (χ0v) is 10.2. The van der Waals surface area contributed by atoms with Crippen LogP contribution in [0.4, 0.5) is 13.2 Å². The smallest absolute Gasteiger partial charge is 0.282 e. The fraction of sp³-hybridized carbons (Fsp3) is 0.500. The Bertz CT molecular complexity index is 399. The van der Waals surface area contributed by atoms with Crippen molar-refractivity contribution in [1.29, 1.82) is 0 Å². The molecule has 1 aromatic carbocycles. The number of aliphatic hydroxyl groups excluding tert-OH is 1. The lowest BCUT2D eigenvalue weighted by Gasteiger charge is -2.19. The first-order chi connectivity index (χ1) is 8.39. The van der Waals surface area contributed by atoms with Gasteiger partial charge >= 0.3 is 0 Å². The van der Waals surface area contributed by atoms with Crippen LogP contribution in [0.3, 0.4) is 0 Å². The van der Waals surface area contributed by atoms with Crippen LogP contribution in [0.5, 0.6) is 5.75 Å². The summed E-state index contributed by atoms with van der Waals surface area (Å²) in [7, 11) is 1.35. The predicted octanol–water partition coefficient (Wildman–Crippen LogP) is 2.11. The summed E-state index contributed by atoms with van der Waals surface area (Å²) in [6.45, 7) is -0.253. The molecule has 1 atom stereocenters. The fourth-order valence-electron chi connectivity index (χ4n) is 1.43. The molecule has 0 aliphatic rings. The number of halogens is 3. The Labute approximate surface area is 104 Å². The van der Waals surface area contributed by atoms with Crippen LogP contribution < -0.4 is 10.1 Å². The summed E-state index contributed by atoms with van der Waals surface area (Å²) in [5.74, 6) is -3.62. The molecule has 102 valence electrons. The molecule has 0 bridgehead atoms. The number of nitrogens with one attached hydrogen (secondary N) is 1. The van der Waals surface area contributed by atoms with Crippen molar-refractivity contribution in [2.75, 3.05) is 20.3 Å². The summed E-state index contributed by atoms with van der Waals surface area (Å²) in [5.41, 5.74) is 0.530. The van der Waals surface area contributed by atoms with Gasteiger partial charge in [-0.15, -0.1) is 0 Å². The molecule has 0 aliphatic carbocycles. The Kier molecular flexibility index (Phi) is 4.98. The number of methoxy groups -OCH3 is 1. The Morgan fingerprint density at radius 1 is 1.44 bits per heavy atom. The van der Waals surface area contributed by atoms with Crippen LogP contribution >= 0.6 is 0 Å². The Balaban J connectivity index is 2.67. The van der Waals surface area contributed by atoms with Crippen LogP contribution in [0.25, 0.3) is 0 Å². The highest BCUT2D eigenvalue weighted by Crippen LogP contribution is 2.22. The van der Waals surface area contributed by atoms with Gasteiger partial charge in [0.05, 0.1) is 13.7 Å². The van der Waals surface area contributed by atoms with Gasteiger partial charge in [0.15, 0.2) is 11.6 Å². The van der Waals surface area contributed by atoms with Gasteiger partial charge in [-0.2, -0.15) is 0 Å². The van der Waals surface area contributed by atoms with E-state index >= 15 is 0 Å². The second-order valence-corrected chi connectivity index (χ2v) is 4.01. The predicted molar refractivity (Wildman–Crippen MR) is 61.4 cm³/mol. The first kappa shape index (κ1) is 14.8. The highest BCUT2D eigenvalue weighted by Gasteiger charge is 2.28. The topological polar surface area (TPSA) is 41.5 Å². The summed E-state index contributed by atoms with van der Waals surface area (Å²) >= 11 is 0. The van der Waals surface area contributed by atoms with E-state index < -0.39 is 30.9 Å². The van der Waals surface area contributed by atoms with E-state index in [0.29, 0.717) is 5.56 Å². The van der Waals surface area contributed by atoms with E-state index in [9.17, 15) is 13.2 Å². The van der Waals surface area contributed by atoms with Gasteiger partial charge in [0.2, 0.25) is 0 Å². The molecular formula is C12H16F3NO2. The molecule has 6 heteroatoms. The Hall–Kier alpha value is -1.27. The largest absolute Gasteiger partial charge is 0.494 e. The highest BCUT2D eigenvalue weighted by molar-refractivity contribution is 5.30. The van der Waals surface area contributed by atoms with E-state index in [-0.39, 0.29) is 5.75 Å². The first-order valence-corrected chi connectivity index (χ1v) is 5.45. The molecule has 2 N–H and O–H groups in total. The fourth-order valence-corrected chi connectivity index (χ4v) is 1.43. The van der Waals surface area contributed by atoms with Crippen molar-refractivity contribution in [1.82, 2.24) is 5.32 Å². The second kappa shape index (κ2) is 6.06. The van der Waals surface area contributed by atoms with Gasteiger partial charge in [0, 0.05) is 6.04 Å². The van der Waals surface area contributed by atoms with Gasteiger partial charge in [0.1, 0.15) is 6.61 Å². The Morgan fingerprint density at radius 3 is 2.61 bits per heavy atom. The van der Waals surface area contributed by atoms with Crippen LogP contribution in [0.1, 0.15) is 18.5 Å². The molecule has 0 saturated carbocycles. The number of hydrogen-bond acceptors (Lipinski definition) is 3. The molecule has 0 spiro atoms. The summed E-state index contributed by atoms with van der Waals surface area (Å²) in [6.07, 6.45) is 0. The minimum absolute atomic E-state index is 0.103. The average molecular weight is 263 g/mol. The lowest BCUT2D eigenvalue weighted by Crippen LogP contribution is -2.37. The van der Waals surface area contributed by atoms with Gasteiger partial charge in [0.25, 0.3) is 5.92 Å². The van der Waals surface area contributed by atoms with E-state index in [1.54, 1.807) is 13.0 Å². The lowest BCUT2D eigenvalue weighted by molar-refractivity contribution is -0.0490. The SMILES string of the molecule is COc1ccc(C(C)NCC(F)(F)CO)cc1F. The third-order valence-electron chi connectivity index (χ3n) is 2.57. The zero-order chi connectivity index (χ0) is 13.8. The van der Waals surface area contributed by atoms with Crippen LogP contribution in [-0.2, 0) is 0 Å². The van der Waals surface area contributed by atoms with Crippen molar-refractivity contribution in [3.8, 4) is 5.75 Å². The summed E-state index contributed by atoms with van der Waals surface area (Å²) in [6, 6.07) is 3.81. The monoisotopic (exact) mass is 263 g/mol. The number of rotatable bonds is 6. The number of alkyl halides is 2. The average Bonchev–Trinajstić information content (AvgIpc) is 2.36. The third kappa shape index (κ3) is 3.89. The minimum Gasteiger partial charge on any atom is -0.494 e. The van der Waals surface area contributed by atoms with E-state index in [1.807, 2.05) is 0 Å². The molecule has 0 fully saturated rings. The van der Waals surface area contributed by atoms with E-state index in [4.69, 9.17) is 9.84 Å². The van der Waals surface area contributed by atoms with Crippen LogP contribution in [-0.4, -0.2) is 31.3 Å². The van der Waals surface area contributed by atoms with Crippen molar-refractivity contribution in [3.05, 3.63) is 29.6 Å². The van der Waals surface area contributed by atoms with Gasteiger partial charge in [-0.25, -0.2) is 13.2 Å². The van der Waals surface area contributed by atoms with Crippen LogP contribution in [0.2, 0.25) is 0 Å². The number of aliphatic hydroxyl groups is 1. The number of benzene rings is 1. The van der Waals surface area contributed by atoms with Gasteiger partial charge in [-0.1, -0.05) is 6.07 Å². The van der Waals surface area contributed by atoms with Gasteiger partial charge in [-0.3, -0.25) is 0 Å². The van der Waals surface area contributed by atoms with Crippen molar-refractivity contribution in [2.24, 2.45) is 0 Å². The van der Waals surface area contributed by atoms with Crippen molar-refractivity contribution in [2.45, 2.75) is 18.9 Å². The maximum atomic E-state index is 13.4. The van der Waals surface area contributed by atoms with Crippen molar-refractivity contribution < 1.29 is 23.0 Å². The van der Waals surface area contributed by atoms with Crippen molar-refractivity contribution >= 4 is 0 Å². The maximum absolute atomic E-state index is 13.4. The van der Waals surface area contributed by atoms with E-state index in [0.717, 1.165) is 0 Å². The highest BCUT2D eigenvalue weighted by atomic mass is 19.3. The maximum Gasteiger partial charge on any atom is 0.282 e. The molecule has 0 saturated heterocycles. The van der Waals surface area contributed by atoms with Gasteiger partial charge in [-0.05, 0) is 24.6 Å². The molecule has 0 aliphatic heterocycles. The van der Waals surface area contributed by atoms with Crippen LogP contribution in [0, 0.1) is 5.82 Å². The second-order valence-electron chi connectivity index (χ2n) is 4.01. The molecule has 0 amide bonds. The lowest BCUT2D eigenvalue weighted by atomic mass is 10.1. The van der Waals surface area contributed by atoms with E-state index in [1.165, 1.54) is 19.2 Å². The first-order valence-electron chi connectivity index (χ1n) is 5.45. The summed E-state index contributed by atoms with van der Waals surface area (Å²) in [4.78, 5) is 0. The zero-order valence-electron chi connectivity index (χ0n) is 10.2. The molecule has 0 radical (unpaired) electrons. The van der Waals surface area contributed by atoms with Gasteiger partial charge < -0.3 is 15.2 Å². The molecule has 3 nitrogen and oxygen atoms in total. The van der Waals surface area contributed by atoms with Crippen LogP contribution in [0.15, 0.2) is 18.2 Å². The summed E-state index contributed by atoms with van der Waals surface area (Å²) < 4.78 is 43.8. The molecular weight excluding hydrogens is 247 g/mol. The number of ether oxygens (including phenoxy) is 1. The normalized spacial score (nSPS) is 13.4. The Morgan fingerprint density at radius 2 is 2.11 bits per heavy atom. The molecule has 1 unspecified atom stereocenters. The third-order valence-corrected chi connectivity index (χ3v) is 2.57. The van der Waals surface area contributed by atoms with Crippen molar-refractivity contribution in [3.63, 3.8) is 0 Å². The summed E-state index contributed by atoms with van der Waals surface area (Å²) in [5, 5.41) is 11.0. The number of hydrogen-bond donors (Lipinski definition) is 2. The molecule has 18 heavy (non-hydrogen) atoms. The molecule has 0 heterocycles. The molecule has 0 aromatic heterocycles. The molecule has 1 rings (SSSR count). The minimum atomic E-state index is -3.18. The van der Waals surface area contributed by atoms with E-state index in [2.05, 4.69) is 5.32 Å². The quantitative estimate of drug-likeness (QED) is 0.826.